The molecular weight excluding hydrogens is 562 g/mol. The molecule has 1 amide bonds. The summed E-state index contributed by atoms with van der Waals surface area (Å²) in [6.45, 7) is 0.667. The lowest BCUT2D eigenvalue weighted by atomic mass is 10.1. The molecule has 5 aromatic rings. The van der Waals surface area contributed by atoms with Gasteiger partial charge in [-0.3, -0.25) is 9.78 Å². The molecule has 5 rings (SSSR count). The quantitative estimate of drug-likeness (QED) is 0.121. The maximum absolute atomic E-state index is 12.7. The zero-order valence-corrected chi connectivity index (χ0v) is 24.4. The van der Waals surface area contributed by atoms with Gasteiger partial charge in [0.15, 0.2) is 5.82 Å². The summed E-state index contributed by atoms with van der Waals surface area (Å²) in [4.78, 5) is 29.2. The first-order valence-electron chi connectivity index (χ1n) is 14.2. The topological polar surface area (TPSA) is 123 Å². The number of amides is 1. The molecule has 2 aromatic carbocycles. The molecule has 0 aliphatic heterocycles. The third kappa shape index (κ3) is 9.57. The number of carbonyl (C=O) groups excluding carboxylic acids is 1. The molecular formula is C32H32N7O3S+. The van der Waals surface area contributed by atoms with Crippen molar-refractivity contribution < 1.29 is 14.3 Å². The molecule has 0 saturated carbocycles. The van der Waals surface area contributed by atoms with Crippen molar-refractivity contribution in [3.05, 3.63) is 124 Å². The average molecular weight is 595 g/mol. The monoisotopic (exact) mass is 594 g/mol. The Kier molecular flexibility index (Phi) is 10.6. The lowest BCUT2D eigenvalue weighted by Gasteiger charge is -2.07. The van der Waals surface area contributed by atoms with Gasteiger partial charge < -0.3 is 10.1 Å². The standard InChI is InChI=1S/C32H31N7O3S/c40-30(22-24-9-2-1-3-10-24)34-29-17-16-26(35-36-29)12-4-5-15-31-37-38-32(43-31)39(41)20-18-25-11-8-14-28(21-25)42-23-27-13-6-7-19-33-27/h1-3,6-11,13-14,16-17,19,21H,4-5,12,15,18,20,22-23H2/p+1. The molecule has 1 N–H and O–H groups in total. The van der Waals surface area contributed by atoms with Gasteiger partial charge in [-0.05, 0) is 88.0 Å². The lowest BCUT2D eigenvalue weighted by Crippen LogP contribution is -2.15. The third-order valence-corrected chi connectivity index (χ3v) is 7.54. The molecule has 0 fully saturated rings. The van der Waals surface area contributed by atoms with E-state index < -0.39 is 0 Å². The van der Waals surface area contributed by atoms with Crippen molar-refractivity contribution in [1.29, 1.82) is 0 Å². The maximum atomic E-state index is 12.7. The number of pyridine rings is 1. The van der Waals surface area contributed by atoms with E-state index in [1.165, 1.54) is 11.3 Å². The highest BCUT2D eigenvalue weighted by atomic mass is 32.1. The van der Waals surface area contributed by atoms with Crippen LogP contribution in [0, 0.1) is 4.91 Å². The predicted octanol–water partition coefficient (Wildman–Crippen LogP) is 5.70. The summed E-state index contributed by atoms with van der Waals surface area (Å²) < 4.78 is 6.74. The molecule has 0 atom stereocenters. The highest BCUT2D eigenvalue weighted by molar-refractivity contribution is 7.14. The van der Waals surface area contributed by atoms with Gasteiger partial charge in [0.1, 0.15) is 23.9 Å². The Hall–Kier alpha value is -4.90. The molecule has 0 spiro atoms. The molecule has 0 aliphatic rings. The number of nitrogens with one attached hydrogen (secondary N) is 1. The number of aryl methyl sites for hydroxylation is 2. The molecule has 11 heteroatoms. The smallest absolute Gasteiger partial charge is 0.447 e. The molecule has 0 aliphatic carbocycles. The zero-order valence-electron chi connectivity index (χ0n) is 23.6. The number of nitrogens with zero attached hydrogens (tertiary/aromatic N) is 6. The van der Waals surface area contributed by atoms with Gasteiger partial charge in [-0.2, -0.15) is 5.10 Å². The highest BCUT2D eigenvalue weighted by Crippen LogP contribution is 2.21. The van der Waals surface area contributed by atoms with E-state index in [1.807, 2.05) is 78.9 Å². The van der Waals surface area contributed by atoms with Crippen LogP contribution in [0.2, 0.25) is 0 Å². The summed E-state index contributed by atoms with van der Waals surface area (Å²) in [7, 11) is 0. The largest absolute Gasteiger partial charge is 0.487 e. The lowest BCUT2D eigenvalue weighted by molar-refractivity contribution is -0.462. The predicted molar refractivity (Wildman–Crippen MR) is 164 cm³/mol. The molecule has 0 radical (unpaired) electrons. The van der Waals surface area contributed by atoms with Gasteiger partial charge in [0.25, 0.3) is 0 Å². The Morgan fingerprint density at radius 1 is 0.791 bits per heavy atom. The van der Waals surface area contributed by atoms with Crippen molar-refractivity contribution >= 4 is 28.2 Å². The second kappa shape index (κ2) is 15.4. The van der Waals surface area contributed by atoms with Crippen molar-refractivity contribution in [1.82, 2.24) is 25.4 Å². The summed E-state index contributed by atoms with van der Waals surface area (Å²) in [6.07, 6.45) is 5.87. The average Bonchev–Trinajstić information content (AvgIpc) is 3.52. The van der Waals surface area contributed by atoms with Crippen LogP contribution in [0.25, 0.3) is 0 Å². The number of nitroso groups, excluding NO2 is 1. The Morgan fingerprint density at radius 2 is 1.63 bits per heavy atom. The van der Waals surface area contributed by atoms with E-state index in [4.69, 9.17) is 4.74 Å². The third-order valence-electron chi connectivity index (χ3n) is 6.55. The fourth-order valence-corrected chi connectivity index (χ4v) is 5.13. The van der Waals surface area contributed by atoms with Crippen molar-refractivity contribution in [3.8, 4) is 5.75 Å². The number of aromatic nitrogens is 5. The van der Waals surface area contributed by atoms with E-state index in [-0.39, 0.29) is 12.5 Å². The van der Waals surface area contributed by atoms with E-state index in [9.17, 15) is 9.70 Å². The summed E-state index contributed by atoms with van der Waals surface area (Å²) in [5.41, 5.74) is 3.67. The van der Waals surface area contributed by atoms with Crippen LogP contribution in [0.1, 0.15) is 40.4 Å². The summed E-state index contributed by atoms with van der Waals surface area (Å²) in [5.74, 6) is 1.05. The van der Waals surface area contributed by atoms with Gasteiger partial charge in [0.05, 0.1) is 22.9 Å². The zero-order chi connectivity index (χ0) is 29.7. The van der Waals surface area contributed by atoms with Gasteiger partial charge in [-0.25, -0.2) is 0 Å². The number of anilines is 1. The molecule has 0 unspecified atom stereocenters. The molecule has 10 nitrogen and oxygen atoms in total. The first kappa shape index (κ1) is 29.6. The maximum Gasteiger partial charge on any atom is 0.447 e. The van der Waals surface area contributed by atoms with Crippen LogP contribution in [0.3, 0.4) is 0 Å². The van der Waals surface area contributed by atoms with Gasteiger partial charge in [0.2, 0.25) is 5.91 Å². The number of ether oxygens (including phenoxy) is 1. The van der Waals surface area contributed by atoms with Gasteiger partial charge in [-0.1, -0.05) is 53.4 Å². The summed E-state index contributed by atoms with van der Waals surface area (Å²) in [5, 5.41) is 20.7. The number of benzene rings is 2. The van der Waals surface area contributed by atoms with Crippen LogP contribution in [0.15, 0.2) is 91.1 Å². The van der Waals surface area contributed by atoms with E-state index >= 15 is 0 Å². The van der Waals surface area contributed by atoms with Gasteiger partial charge >= 0.3 is 5.13 Å². The van der Waals surface area contributed by atoms with Crippen molar-refractivity contribution in [2.24, 2.45) is 0 Å². The molecule has 0 bridgehead atoms. The van der Waals surface area contributed by atoms with Crippen molar-refractivity contribution in [3.63, 3.8) is 0 Å². The molecule has 218 valence electrons. The Morgan fingerprint density at radius 3 is 2.44 bits per heavy atom. The molecule has 3 aromatic heterocycles. The Labute approximate surface area is 253 Å². The first-order chi connectivity index (χ1) is 21.1. The molecule has 0 saturated heterocycles. The van der Waals surface area contributed by atoms with Crippen LogP contribution in [-0.2, 0) is 37.1 Å². The van der Waals surface area contributed by atoms with E-state index in [0.29, 0.717) is 30.4 Å². The van der Waals surface area contributed by atoms with Crippen LogP contribution in [-0.4, -0.2) is 42.6 Å². The molecule has 43 heavy (non-hydrogen) atoms. The highest BCUT2D eigenvalue weighted by Gasteiger charge is 2.20. The summed E-state index contributed by atoms with van der Waals surface area (Å²) in [6, 6.07) is 26.7. The number of hydrogen-bond acceptors (Lipinski definition) is 9. The van der Waals surface area contributed by atoms with Crippen LogP contribution < -0.4 is 10.1 Å². The Balaban J connectivity index is 0.998. The van der Waals surface area contributed by atoms with E-state index in [1.54, 1.807) is 12.3 Å². The minimum atomic E-state index is -0.127. The fraction of sp³-hybridized carbons (Fsp3) is 0.250. The number of unbranched alkanes of at least 4 members (excludes halogenated alkanes) is 1. The number of hydrogen-bond donors (Lipinski definition) is 1. The number of carbonyl (C=O) groups is 1. The summed E-state index contributed by atoms with van der Waals surface area (Å²) >= 11 is 1.33. The van der Waals surface area contributed by atoms with E-state index in [2.05, 4.69) is 30.7 Å². The van der Waals surface area contributed by atoms with Crippen LogP contribution in [0.4, 0.5) is 10.9 Å². The van der Waals surface area contributed by atoms with Crippen molar-refractivity contribution in [2.75, 3.05) is 11.9 Å². The van der Waals surface area contributed by atoms with Crippen LogP contribution >= 0.6 is 11.3 Å². The SMILES string of the molecule is O=C(Cc1ccccc1)Nc1ccc(CCCCc2nnc([N+](=O)CCc3cccc(OCc4ccccn4)c3)s2)nn1. The molecule has 3 heterocycles. The number of rotatable bonds is 15. The fourth-order valence-electron chi connectivity index (χ4n) is 4.31. The minimum Gasteiger partial charge on any atom is -0.487 e. The van der Waals surface area contributed by atoms with Crippen molar-refractivity contribution in [2.45, 2.75) is 45.1 Å². The first-order valence-corrected chi connectivity index (χ1v) is 15.0. The van der Waals surface area contributed by atoms with E-state index in [0.717, 1.165) is 63.7 Å². The Bertz CT molecular complexity index is 1610. The van der Waals surface area contributed by atoms with Crippen LogP contribution in [0.5, 0.6) is 5.75 Å². The second-order valence-electron chi connectivity index (χ2n) is 9.92. The minimum absolute atomic E-state index is 0.127. The normalized spacial score (nSPS) is 10.8. The van der Waals surface area contributed by atoms with Gasteiger partial charge in [0, 0.05) is 19.0 Å². The second-order valence-corrected chi connectivity index (χ2v) is 11.0. The van der Waals surface area contributed by atoms with Gasteiger partial charge in [-0.15, -0.1) is 5.10 Å².